The molecule has 152 valence electrons. The summed E-state index contributed by atoms with van der Waals surface area (Å²) in [6.45, 7) is 0.904. The fourth-order valence-corrected chi connectivity index (χ4v) is 3.45. The summed E-state index contributed by atoms with van der Waals surface area (Å²) in [5, 5.41) is 4.97. The van der Waals surface area contributed by atoms with Crippen molar-refractivity contribution in [2.45, 2.75) is 12.6 Å². The number of thiazole rings is 1. The van der Waals surface area contributed by atoms with E-state index in [4.69, 9.17) is 9.47 Å². The lowest BCUT2D eigenvalue weighted by atomic mass is 10.1. The highest BCUT2D eigenvalue weighted by atomic mass is 32.1. The molecule has 1 heterocycles. The number of carbonyl (C=O) groups is 1. The van der Waals surface area contributed by atoms with Gasteiger partial charge in [0.15, 0.2) is 0 Å². The third-order valence-electron chi connectivity index (χ3n) is 4.54. The molecule has 3 rings (SSSR count). The van der Waals surface area contributed by atoms with E-state index in [1.54, 1.807) is 36.9 Å². The molecule has 0 fully saturated rings. The fourth-order valence-electron chi connectivity index (χ4n) is 2.91. The van der Waals surface area contributed by atoms with Gasteiger partial charge < -0.3 is 19.7 Å². The number of methoxy groups -OCH3 is 1. The molecule has 2 aromatic carbocycles. The highest BCUT2D eigenvalue weighted by Gasteiger charge is 2.16. The number of hydrogen-bond donors (Lipinski definition) is 1. The molecule has 0 aliphatic carbocycles. The summed E-state index contributed by atoms with van der Waals surface area (Å²) in [7, 11) is 5.63. The average Bonchev–Trinajstić information content (AvgIpc) is 3.26. The molecule has 1 amide bonds. The quantitative estimate of drug-likeness (QED) is 0.581. The molecule has 0 radical (unpaired) electrons. The number of nitrogens with one attached hydrogen (secondary N) is 1. The molecule has 0 saturated heterocycles. The van der Waals surface area contributed by atoms with Crippen LogP contribution in [0.2, 0.25) is 0 Å². The molecule has 1 unspecified atom stereocenters. The second kappa shape index (κ2) is 10.0. The Hall–Kier alpha value is -2.90. The first-order valence-electron chi connectivity index (χ1n) is 9.25. The first-order chi connectivity index (χ1) is 14.1. The van der Waals surface area contributed by atoms with E-state index in [0.29, 0.717) is 24.5 Å². The third kappa shape index (κ3) is 5.79. The Bertz CT molecular complexity index is 911. The van der Waals surface area contributed by atoms with Crippen molar-refractivity contribution >= 4 is 17.2 Å². The summed E-state index contributed by atoms with van der Waals surface area (Å²) in [6.07, 6.45) is 0. The van der Waals surface area contributed by atoms with Gasteiger partial charge in [0.25, 0.3) is 5.91 Å². The predicted octanol–water partition coefficient (Wildman–Crippen LogP) is 3.76. The van der Waals surface area contributed by atoms with Gasteiger partial charge in [0.2, 0.25) is 0 Å². The number of rotatable bonds is 9. The fraction of sp³-hybridized carbons (Fsp3) is 0.273. The van der Waals surface area contributed by atoms with E-state index in [1.165, 1.54) is 11.3 Å². The number of ether oxygens (including phenoxy) is 2. The second-order valence-corrected chi connectivity index (χ2v) is 7.48. The summed E-state index contributed by atoms with van der Waals surface area (Å²) < 4.78 is 11.0. The molecule has 29 heavy (non-hydrogen) atoms. The van der Waals surface area contributed by atoms with Crippen molar-refractivity contribution in [2.24, 2.45) is 0 Å². The molecule has 0 aliphatic heterocycles. The SMILES string of the molecule is COc1cccc(C(CNC(=O)c2ccc(OCc3cscn3)cc2)N(C)C)c1. The van der Waals surface area contributed by atoms with Gasteiger partial charge >= 0.3 is 0 Å². The second-order valence-electron chi connectivity index (χ2n) is 6.76. The standard InChI is InChI=1S/C22H25N3O3S/c1-25(2)21(17-5-4-6-20(11-17)27-3)12-23-22(26)16-7-9-19(10-8-16)28-13-18-14-29-15-24-18/h4-11,14-15,21H,12-13H2,1-3H3,(H,23,26). The molecule has 0 spiro atoms. The van der Waals surface area contributed by atoms with Crippen LogP contribution in [-0.4, -0.2) is 43.5 Å². The molecule has 0 aliphatic rings. The Balaban J connectivity index is 1.58. The minimum Gasteiger partial charge on any atom is -0.497 e. The number of amides is 1. The van der Waals surface area contributed by atoms with E-state index in [2.05, 4.69) is 15.2 Å². The Morgan fingerprint density at radius 2 is 1.97 bits per heavy atom. The van der Waals surface area contributed by atoms with Gasteiger partial charge in [-0.05, 0) is 56.1 Å². The third-order valence-corrected chi connectivity index (χ3v) is 5.18. The molecule has 1 N–H and O–H groups in total. The highest BCUT2D eigenvalue weighted by molar-refractivity contribution is 7.07. The van der Waals surface area contributed by atoms with Crippen LogP contribution >= 0.6 is 11.3 Å². The molecular weight excluding hydrogens is 386 g/mol. The Morgan fingerprint density at radius 3 is 2.62 bits per heavy atom. The van der Waals surface area contributed by atoms with E-state index in [1.807, 2.05) is 43.7 Å². The van der Waals surface area contributed by atoms with Gasteiger partial charge in [0.1, 0.15) is 18.1 Å². The van der Waals surface area contributed by atoms with E-state index < -0.39 is 0 Å². The van der Waals surface area contributed by atoms with Crippen LogP contribution in [0.1, 0.15) is 27.7 Å². The van der Waals surface area contributed by atoms with Crippen molar-refractivity contribution in [1.29, 1.82) is 0 Å². The predicted molar refractivity (Wildman–Crippen MR) is 115 cm³/mol. The normalized spacial score (nSPS) is 11.9. The van der Waals surface area contributed by atoms with Crippen LogP contribution in [0.25, 0.3) is 0 Å². The zero-order chi connectivity index (χ0) is 20.6. The summed E-state index contributed by atoms with van der Waals surface area (Å²) in [5.74, 6) is 1.39. The van der Waals surface area contributed by atoms with Crippen LogP contribution in [0, 0.1) is 0 Å². The zero-order valence-corrected chi connectivity index (χ0v) is 17.6. The van der Waals surface area contributed by atoms with Gasteiger partial charge in [0.05, 0.1) is 24.4 Å². The lowest BCUT2D eigenvalue weighted by Gasteiger charge is -2.25. The minimum absolute atomic E-state index is 0.0368. The highest BCUT2D eigenvalue weighted by Crippen LogP contribution is 2.22. The average molecular weight is 412 g/mol. The molecule has 3 aromatic rings. The Labute approximate surface area is 175 Å². The zero-order valence-electron chi connectivity index (χ0n) is 16.8. The number of likely N-dealkylation sites (N-methyl/N-ethyl adjacent to an activating group) is 1. The molecule has 1 atom stereocenters. The molecular formula is C22H25N3O3S. The van der Waals surface area contributed by atoms with Crippen LogP contribution in [-0.2, 0) is 6.61 Å². The van der Waals surface area contributed by atoms with Crippen LogP contribution in [0.4, 0.5) is 0 Å². The molecule has 6 nitrogen and oxygen atoms in total. The Morgan fingerprint density at radius 1 is 1.17 bits per heavy atom. The van der Waals surface area contributed by atoms with Crippen molar-refractivity contribution in [1.82, 2.24) is 15.2 Å². The van der Waals surface area contributed by atoms with Crippen molar-refractivity contribution in [3.8, 4) is 11.5 Å². The molecule has 1 aromatic heterocycles. The van der Waals surface area contributed by atoms with E-state index in [9.17, 15) is 4.79 Å². The maximum atomic E-state index is 12.6. The molecule has 7 heteroatoms. The molecule has 0 saturated carbocycles. The summed E-state index contributed by atoms with van der Waals surface area (Å²) >= 11 is 1.54. The van der Waals surface area contributed by atoms with Crippen LogP contribution < -0.4 is 14.8 Å². The van der Waals surface area contributed by atoms with Gasteiger partial charge in [-0.3, -0.25) is 4.79 Å². The van der Waals surface area contributed by atoms with Gasteiger partial charge in [-0.1, -0.05) is 12.1 Å². The van der Waals surface area contributed by atoms with Crippen LogP contribution in [0.5, 0.6) is 11.5 Å². The summed E-state index contributed by atoms with van der Waals surface area (Å²) in [6, 6.07) is 15.1. The largest absolute Gasteiger partial charge is 0.497 e. The van der Waals surface area contributed by atoms with Crippen molar-refractivity contribution in [3.63, 3.8) is 0 Å². The van der Waals surface area contributed by atoms with Gasteiger partial charge in [-0.15, -0.1) is 11.3 Å². The molecule has 0 bridgehead atoms. The Kier molecular flexibility index (Phi) is 7.21. The van der Waals surface area contributed by atoms with Crippen LogP contribution in [0.15, 0.2) is 59.4 Å². The summed E-state index contributed by atoms with van der Waals surface area (Å²) in [5.41, 5.74) is 4.34. The maximum absolute atomic E-state index is 12.6. The number of nitrogens with zero attached hydrogens (tertiary/aromatic N) is 2. The van der Waals surface area contributed by atoms with Crippen molar-refractivity contribution in [3.05, 3.63) is 76.2 Å². The number of benzene rings is 2. The van der Waals surface area contributed by atoms with E-state index >= 15 is 0 Å². The lowest BCUT2D eigenvalue weighted by Crippen LogP contribution is -2.34. The first-order valence-corrected chi connectivity index (χ1v) is 10.2. The van der Waals surface area contributed by atoms with E-state index in [0.717, 1.165) is 17.0 Å². The monoisotopic (exact) mass is 411 g/mol. The van der Waals surface area contributed by atoms with Crippen molar-refractivity contribution < 1.29 is 14.3 Å². The topological polar surface area (TPSA) is 63.7 Å². The smallest absolute Gasteiger partial charge is 0.251 e. The first kappa shape index (κ1) is 20.8. The maximum Gasteiger partial charge on any atom is 0.251 e. The lowest BCUT2D eigenvalue weighted by molar-refractivity contribution is 0.0942. The van der Waals surface area contributed by atoms with Crippen molar-refractivity contribution in [2.75, 3.05) is 27.7 Å². The van der Waals surface area contributed by atoms with Crippen LogP contribution in [0.3, 0.4) is 0 Å². The van der Waals surface area contributed by atoms with Gasteiger partial charge in [-0.25, -0.2) is 4.98 Å². The number of hydrogen-bond acceptors (Lipinski definition) is 6. The number of carbonyl (C=O) groups excluding carboxylic acids is 1. The summed E-state index contributed by atoms with van der Waals surface area (Å²) in [4.78, 5) is 18.8. The minimum atomic E-state index is -0.120. The van der Waals surface area contributed by atoms with Gasteiger partial charge in [0, 0.05) is 17.5 Å². The number of aromatic nitrogens is 1. The van der Waals surface area contributed by atoms with E-state index in [-0.39, 0.29) is 11.9 Å². The van der Waals surface area contributed by atoms with Gasteiger partial charge in [-0.2, -0.15) is 0 Å².